The fraction of sp³-hybridized carbons (Fsp3) is 0.882. The van der Waals surface area contributed by atoms with Crippen molar-refractivity contribution in [2.75, 3.05) is 6.61 Å². The lowest BCUT2D eigenvalue weighted by Crippen LogP contribution is -2.50. The minimum Gasteiger partial charge on any atom is -0.466 e. The summed E-state index contributed by atoms with van der Waals surface area (Å²) in [5.74, 6) is -0.218. The van der Waals surface area contributed by atoms with Crippen molar-refractivity contribution in [3.63, 3.8) is 0 Å². The zero-order valence-electron chi connectivity index (χ0n) is 15.1. The van der Waals surface area contributed by atoms with Crippen molar-refractivity contribution in [3.8, 4) is 0 Å². The molecule has 0 atom stereocenters. The van der Waals surface area contributed by atoms with Gasteiger partial charge in [-0.15, -0.1) is 0 Å². The summed E-state index contributed by atoms with van der Waals surface area (Å²) in [6.07, 6.45) is 3.96. The number of hydrogen-bond donors (Lipinski definition) is 1. The number of rotatable bonds is 9. The molecule has 130 valence electrons. The zero-order chi connectivity index (χ0) is 17.2. The summed E-state index contributed by atoms with van der Waals surface area (Å²) in [6.45, 7) is 11.8. The predicted octanol–water partition coefficient (Wildman–Crippen LogP) is 4.19. The van der Waals surface area contributed by atoms with E-state index in [1.54, 1.807) is 6.92 Å². The SMILES string of the molecule is CCCC(CCC)(CCC(=O)OCC)NC(=O)OC(C)(C)C. The number of amides is 1. The Balaban J connectivity index is 4.90. The number of esters is 1. The normalized spacial score (nSPS) is 11.9. The number of ether oxygens (including phenoxy) is 2. The summed E-state index contributed by atoms with van der Waals surface area (Å²) in [7, 11) is 0. The van der Waals surface area contributed by atoms with Gasteiger partial charge in [-0.2, -0.15) is 0 Å². The van der Waals surface area contributed by atoms with Crippen LogP contribution in [-0.2, 0) is 14.3 Å². The largest absolute Gasteiger partial charge is 0.466 e. The van der Waals surface area contributed by atoms with Crippen LogP contribution in [0.3, 0.4) is 0 Å². The van der Waals surface area contributed by atoms with E-state index in [2.05, 4.69) is 19.2 Å². The van der Waals surface area contributed by atoms with E-state index in [0.29, 0.717) is 19.4 Å². The van der Waals surface area contributed by atoms with Crippen molar-refractivity contribution in [3.05, 3.63) is 0 Å². The Bertz CT molecular complexity index is 341. The molecule has 1 amide bonds. The Morgan fingerprint density at radius 2 is 1.50 bits per heavy atom. The number of alkyl carbamates (subject to hydrolysis) is 1. The van der Waals surface area contributed by atoms with E-state index in [0.717, 1.165) is 25.7 Å². The number of hydrogen-bond acceptors (Lipinski definition) is 4. The highest BCUT2D eigenvalue weighted by Crippen LogP contribution is 2.26. The molecule has 0 aliphatic rings. The maximum Gasteiger partial charge on any atom is 0.408 e. The smallest absolute Gasteiger partial charge is 0.408 e. The Labute approximate surface area is 135 Å². The maximum absolute atomic E-state index is 12.1. The molecule has 0 heterocycles. The van der Waals surface area contributed by atoms with E-state index < -0.39 is 17.2 Å². The van der Waals surface area contributed by atoms with Gasteiger partial charge in [-0.05, 0) is 47.0 Å². The zero-order valence-corrected chi connectivity index (χ0v) is 15.1. The molecule has 0 aromatic heterocycles. The van der Waals surface area contributed by atoms with Gasteiger partial charge < -0.3 is 14.8 Å². The van der Waals surface area contributed by atoms with E-state index in [4.69, 9.17) is 9.47 Å². The van der Waals surface area contributed by atoms with Gasteiger partial charge in [0.05, 0.1) is 6.61 Å². The fourth-order valence-electron chi connectivity index (χ4n) is 2.61. The Kier molecular flexibility index (Phi) is 9.14. The third kappa shape index (κ3) is 8.90. The van der Waals surface area contributed by atoms with Crippen molar-refractivity contribution in [1.29, 1.82) is 0 Å². The molecule has 0 rings (SSSR count). The van der Waals surface area contributed by atoms with Gasteiger partial charge >= 0.3 is 12.1 Å². The second kappa shape index (κ2) is 9.70. The summed E-state index contributed by atoms with van der Waals surface area (Å²) >= 11 is 0. The molecule has 5 heteroatoms. The molecule has 22 heavy (non-hydrogen) atoms. The van der Waals surface area contributed by atoms with Crippen LogP contribution >= 0.6 is 0 Å². The molecule has 0 aromatic rings. The van der Waals surface area contributed by atoms with Crippen LogP contribution in [0.4, 0.5) is 4.79 Å². The first kappa shape index (κ1) is 20.7. The Hall–Kier alpha value is -1.26. The summed E-state index contributed by atoms with van der Waals surface area (Å²) in [5.41, 5.74) is -0.937. The Morgan fingerprint density at radius 3 is 1.91 bits per heavy atom. The van der Waals surface area contributed by atoms with Gasteiger partial charge in [0, 0.05) is 12.0 Å². The molecule has 0 fully saturated rings. The standard InChI is InChI=1S/C17H33NO4/c1-7-11-17(12-8-2,13-10-14(19)21-9-3)18-15(20)22-16(4,5)6/h7-13H2,1-6H3,(H,18,20). The van der Waals surface area contributed by atoms with E-state index >= 15 is 0 Å². The quantitative estimate of drug-likeness (QED) is 0.648. The van der Waals surface area contributed by atoms with E-state index in [1.165, 1.54) is 0 Å². The van der Waals surface area contributed by atoms with Crippen LogP contribution in [-0.4, -0.2) is 29.8 Å². The van der Waals surface area contributed by atoms with Crippen LogP contribution in [0.2, 0.25) is 0 Å². The van der Waals surface area contributed by atoms with Gasteiger partial charge in [-0.1, -0.05) is 26.7 Å². The molecular weight excluding hydrogens is 282 g/mol. The third-order valence-corrected chi connectivity index (χ3v) is 3.34. The van der Waals surface area contributed by atoms with E-state index in [-0.39, 0.29) is 5.97 Å². The molecule has 1 N–H and O–H groups in total. The van der Waals surface area contributed by atoms with Crippen LogP contribution in [0.15, 0.2) is 0 Å². The fourth-order valence-corrected chi connectivity index (χ4v) is 2.61. The first-order valence-corrected chi connectivity index (χ1v) is 8.34. The van der Waals surface area contributed by atoms with Crippen molar-refractivity contribution in [2.45, 2.75) is 91.2 Å². The summed E-state index contributed by atoms with van der Waals surface area (Å²) in [5, 5.41) is 3.02. The minimum absolute atomic E-state index is 0.218. The van der Waals surface area contributed by atoms with Crippen molar-refractivity contribution >= 4 is 12.1 Å². The topological polar surface area (TPSA) is 64.6 Å². The summed E-state index contributed by atoms with van der Waals surface area (Å²) < 4.78 is 10.4. The van der Waals surface area contributed by atoms with Crippen molar-refractivity contribution in [1.82, 2.24) is 5.32 Å². The summed E-state index contributed by atoms with van der Waals surface area (Å²) in [6, 6.07) is 0. The lowest BCUT2D eigenvalue weighted by Gasteiger charge is -2.35. The highest BCUT2D eigenvalue weighted by Gasteiger charge is 2.32. The molecule has 0 aliphatic heterocycles. The number of nitrogens with one attached hydrogen (secondary N) is 1. The average Bonchev–Trinajstić information content (AvgIpc) is 2.35. The second-order valence-electron chi connectivity index (χ2n) is 6.71. The van der Waals surface area contributed by atoms with Gasteiger partial charge in [0.15, 0.2) is 0 Å². The predicted molar refractivity (Wildman–Crippen MR) is 87.8 cm³/mol. The minimum atomic E-state index is -0.532. The lowest BCUT2D eigenvalue weighted by molar-refractivity contribution is -0.143. The molecule has 5 nitrogen and oxygen atoms in total. The van der Waals surface area contributed by atoms with Crippen LogP contribution in [0.25, 0.3) is 0 Å². The van der Waals surface area contributed by atoms with Crippen LogP contribution in [0.5, 0.6) is 0 Å². The first-order valence-electron chi connectivity index (χ1n) is 8.34. The molecule has 0 bridgehead atoms. The molecule has 0 radical (unpaired) electrons. The van der Waals surface area contributed by atoms with Gasteiger partial charge in [0.25, 0.3) is 0 Å². The van der Waals surface area contributed by atoms with E-state index in [1.807, 2.05) is 20.8 Å². The molecule has 0 unspecified atom stereocenters. The molecule has 0 saturated carbocycles. The molecule has 0 spiro atoms. The van der Waals surface area contributed by atoms with E-state index in [9.17, 15) is 9.59 Å². The summed E-state index contributed by atoms with van der Waals surface area (Å²) in [4.78, 5) is 23.8. The highest BCUT2D eigenvalue weighted by atomic mass is 16.6. The first-order chi connectivity index (χ1) is 10.2. The second-order valence-corrected chi connectivity index (χ2v) is 6.71. The number of carbonyl (C=O) groups excluding carboxylic acids is 2. The van der Waals surface area contributed by atoms with Crippen LogP contribution in [0.1, 0.15) is 80.1 Å². The molecular formula is C17H33NO4. The molecule has 0 saturated heterocycles. The van der Waals surface area contributed by atoms with Crippen LogP contribution in [0, 0.1) is 0 Å². The third-order valence-electron chi connectivity index (χ3n) is 3.34. The van der Waals surface area contributed by atoms with Gasteiger partial charge in [-0.25, -0.2) is 4.79 Å². The number of carbonyl (C=O) groups is 2. The lowest BCUT2D eigenvalue weighted by atomic mass is 9.84. The Morgan fingerprint density at radius 1 is 0.955 bits per heavy atom. The monoisotopic (exact) mass is 315 g/mol. The van der Waals surface area contributed by atoms with Gasteiger partial charge in [0.2, 0.25) is 0 Å². The van der Waals surface area contributed by atoms with Gasteiger partial charge in [0.1, 0.15) is 5.60 Å². The van der Waals surface area contributed by atoms with Crippen LogP contribution < -0.4 is 5.32 Å². The maximum atomic E-state index is 12.1. The average molecular weight is 315 g/mol. The van der Waals surface area contributed by atoms with Crippen molar-refractivity contribution < 1.29 is 19.1 Å². The van der Waals surface area contributed by atoms with Crippen molar-refractivity contribution in [2.24, 2.45) is 0 Å². The molecule has 0 aliphatic carbocycles. The highest BCUT2D eigenvalue weighted by molar-refractivity contribution is 5.71. The van der Waals surface area contributed by atoms with Gasteiger partial charge in [-0.3, -0.25) is 4.79 Å². The molecule has 0 aromatic carbocycles.